The van der Waals surface area contributed by atoms with Gasteiger partial charge in [0.25, 0.3) is 0 Å². The van der Waals surface area contributed by atoms with Gasteiger partial charge in [-0.15, -0.1) is 5.10 Å². The molecule has 1 heterocycles. The van der Waals surface area contributed by atoms with Crippen LogP contribution in [0.2, 0.25) is 0 Å². The lowest BCUT2D eigenvalue weighted by Crippen LogP contribution is -2.33. The van der Waals surface area contributed by atoms with Crippen LogP contribution in [0.5, 0.6) is 0 Å². The van der Waals surface area contributed by atoms with Crippen LogP contribution in [0.15, 0.2) is 6.20 Å². The Hall–Kier alpha value is -0.980. The van der Waals surface area contributed by atoms with E-state index in [0.29, 0.717) is 25.7 Å². The highest BCUT2D eigenvalue weighted by Gasteiger charge is 2.54. The average molecular weight is 322 g/mol. The molecule has 0 unspecified atom stereocenters. The Kier molecular flexibility index (Phi) is 5.04. The van der Waals surface area contributed by atoms with E-state index in [-0.39, 0.29) is 11.1 Å². The van der Waals surface area contributed by atoms with Crippen LogP contribution < -0.4 is 5.73 Å². The maximum absolute atomic E-state index is 6.39. The quantitative estimate of drug-likeness (QED) is 0.706. The molecule has 0 spiro atoms. The van der Waals surface area contributed by atoms with Gasteiger partial charge in [-0.2, -0.15) is 0 Å². The van der Waals surface area contributed by atoms with Gasteiger partial charge in [0, 0.05) is 12.1 Å². The van der Waals surface area contributed by atoms with E-state index < -0.39 is 0 Å². The minimum Gasteiger partial charge on any atom is -0.379 e. The van der Waals surface area contributed by atoms with Gasteiger partial charge >= 0.3 is 0 Å². The van der Waals surface area contributed by atoms with Crippen molar-refractivity contribution in [1.82, 2.24) is 15.0 Å². The zero-order valence-corrected chi connectivity index (χ0v) is 14.5. The van der Waals surface area contributed by atoms with Gasteiger partial charge < -0.3 is 15.2 Å². The molecular weight excluding hydrogens is 292 g/mol. The first-order valence-corrected chi connectivity index (χ1v) is 8.88. The van der Waals surface area contributed by atoms with Crippen molar-refractivity contribution in [1.29, 1.82) is 0 Å². The van der Waals surface area contributed by atoms with Crippen molar-refractivity contribution in [2.45, 2.75) is 70.1 Å². The lowest BCUT2D eigenvalue weighted by molar-refractivity contribution is 0.0361. The zero-order valence-electron chi connectivity index (χ0n) is 14.5. The predicted molar refractivity (Wildman–Crippen MR) is 87.9 cm³/mol. The molecule has 2 saturated carbocycles. The highest BCUT2D eigenvalue weighted by Crippen LogP contribution is 2.53. The molecule has 0 aromatic carbocycles. The lowest BCUT2D eigenvalue weighted by atomic mass is 9.92. The van der Waals surface area contributed by atoms with Crippen LogP contribution in [0, 0.1) is 5.92 Å². The van der Waals surface area contributed by atoms with Crippen molar-refractivity contribution in [3.63, 3.8) is 0 Å². The molecule has 0 saturated heterocycles. The minimum absolute atomic E-state index is 0.0376. The summed E-state index contributed by atoms with van der Waals surface area (Å²) >= 11 is 0. The average Bonchev–Trinajstić information content (AvgIpc) is 3.18. The van der Waals surface area contributed by atoms with Crippen LogP contribution in [0.4, 0.5) is 0 Å². The van der Waals surface area contributed by atoms with Crippen LogP contribution in [0.3, 0.4) is 0 Å². The summed E-state index contributed by atoms with van der Waals surface area (Å²) in [5, 5.41) is 8.61. The summed E-state index contributed by atoms with van der Waals surface area (Å²) in [6.45, 7) is 6.94. The molecule has 0 amide bonds. The fourth-order valence-corrected chi connectivity index (χ4v) is 3.84. The lowest BCUT2D eigenvalue weighted by Gasteiger charge is -2.26. The van der Waals surface area contributed by atoms with Gasteiger partial charge in [-0.05, 0) is 44.4 Å². The summed E-state index contributed by atoms with van der Waals surface area (Å²) in [6.07, 6.45) is 8.62. The largest absolute Gasteiger partial charge is 0.379 e. The number of ether oxygens (including phenoxy) is 2. The van der Waals surface area contributed by atoms with Gasteiger partial charge in [0.05, 0.1) is 31.6 Å². The van der Waals surface area contributed by atoms with Crippen molar-refractivity contribution in [2.24, 2.45) is 11.7 Å². The summed E-state index contributed by atoms with van der Waals surface area (Å²) < 4.78 is 13.2. The topological polar surface area (TPSA) is 75.2 Å². The Morgan fingerprint density at radius 1 is 1.17 bits per heavy atom. The fraction of sp³-hybridized carbons (Fsp3) is 0.882. The molecule has 2 aliphatic rings. The summed E-state index contributed by atoms with van der Waals surface area (Å²) in [7, 11) is 0. The molecule has 2 bridgehead atoms. The zero-order chi connectivity index (χ0) is 16.3. The van der Waals surface area contributed by atoms with Gasteiger partial charge in [0.1, 0.15) is 5.69 Å². The molecule has 2 aliphatic carbocycles. The Morgan fingerprint density at radius 2 is 1.91 bits per heavy atom. The molecule has 23 heavy (non-hydrogen) atoms. The number of hydrogen-bond acceptors (Lipinski definition) is 5. The highest BCUT2D eigenvalue weighted by atomic mass is 16.5. The van der Waals surface area contributed by atoms with Gasteiger partial charge in [-0.3, -0.25) is 0 Å². The number of nitrogens with two attached hydrogens (primary N) is 1. The molecule has 0 radical (unpaired) electrons. The second-order valence-electron chi connectivity index (χ2n) is 7.77. The molecule has 2 N–H and O–H groups in total. The van der Waals surface area contributed by atoms with Crippen LogP contribution in [-0.4, -0.2) is 40.4 Å². The molecule has 3 rings (SSSR count). The summed E-state index contributed by atoms with van der Waals surface area (Å²) in [4.78, 5) is 0. The monoisotopic (exact) mass is 322 g/mol. The van der Waals surface area contributed by atoms with Gasteiger partial charge in [0.15, 0.2) is 0 Å². The molecule has 0 atom stereocenters. The molecule has 6 heteroatoms. The van der Waals surface area contributed by atoms with E-state index in [2.05, 4.69) is 24.2 Å². The first-order chi connectivity index (χ1) is 11.0. The van der Waals surface area contributed by atoms with E-state index >= 15 is 0 Å². The van der Waals surface area contributed by atoms with Crippen LogP contribution in [0.1, 0.15) is 58.1 Å². The van der Waals surface area contributed by atoms with Crippen molar-refractivity contribution < 1.29 is 9.47 Å². The third-order valence-corrected chi connectivity index (χ3v) is 5.35. The Morgan fingerprint density at radius 3 is 2.57 bits per heavy atom. The van der Waals surface area contributed by atoms with E-state index in [1.165, 1.54) is 0 Å². The Labute approximate surface area is 138 Å². The fourth-order valence-electron chi connectivity index (χ4n) is 3.84. The van der Waals surface area contributed by atoms with E-state index in [9.17, 15) is 0 Å². The summed E-state index contributed by atoms with van der Waals surface area (Å²) in [6, 6.07) is 0. The van der Waals surface area contributed by atoms with Gasteiger partial charge in [-0.25, -0.2) is 4.68 Å². The molecule has 130 valence electrons. The van der Waals surface area contributed by atoms with Crippen LogP contribution >= 0.6 is 0 Å². The number of rotatable bonds is 9. The first-order valence-electron chi connectivity index (χ1n) is 8.88. The summed E-state index contributed by atoms with van der Waals surface area (Å²) in [5.74, 6) is 0.684. The normalized spacial score (nSPS) is 29.7. The standard InChI is InChI=1S/C17H30N4O2/c1-14(2)3-8-22-9-10-23-12-15-11-21(20-19-15)17-6-4-16(18,13-17)5-7-17/h11,14H,3-10,12-13,18H2,1-2H3. The van der Waals surface area contributed by atoms with E-state index in [0.717, 1.165) is 50.8 Å². The third-order valence-electron chi connectivity index (χ3n) is 5.35. The molecule has 0 aliphatic heterocycles. The van der Waals surface area contributed by atoms with Crippen molar-refractivity contribution in [3.05, 3.63) is 11.9 Å². The second-order valence-corrected chi connectivity index (χ2v) is 7.77. The van der Waals surface area contributed by atoms with Crippen LogP contribution in [-0.2, 0) is 21.6 Å². The minimum atomic E-state index is 0.0376. The molecular formula is C17H30N4O2. The molecule has 2 fully saturated rings. The number of fused-ring (bicyclic) bond motifs is 2. The number of nitrogens with zero attached hydrogens (tertiary/aromatic N) is 3. The molecule has 6 nitrogen and oxygen atoms in total. The van der Waals surface area contributed by atoms with Gasteiger partial charge in [0.2, 0.25) is 0 Å². The Balaban J connectivity index is 1.39. The first kappa shape index (κ1) is 16.9. The SMILES string of the molecule is CC(C)CCOCCOCc1cn(C23CCC(N)(CC2)C3)nn1. The predicted octanol–water partition coefficient (Wildman–Crippen LogP) is 2.23. The molecule has 1 aromatic heterocycles. The maximum atomic E-state index is 6.39. The summed E-state index contributed by atoms with van der Waals surface area (Å²) in [5.41, 5.74) is 7.43. The van der Waals surface area contributed by atoms with Crippen molar-refractivity contribution >= 4 is 0 Å². The van der Waals surface area contributed by atoms with Crippen LogP contribution in [0.25, 0.3) is 0 Å². The second kappa shape index (κ2) is 6.87. The van der Waals surface area contributed by atoms with Crippen molar-refractivity contribution in [2.75, 3.05) is 19.8 Å². The highest BCUT2D eigenvalue weighted by molar-refractivity contribution is 5.12. The van der Waals surface area contributed by atoms with E-state index in [4.69, 9.17) is 15.2 Å². The maximum Gasteiger partial charge on any atom is 0.108 e. The number of hydrogen-bond donors (Lipinski definition) is 1. The number of aromatic nitrogens is 3. The molecule has 1 aromatic rings. The van der Waals surface area contributed by atoms with E-state index in [1.807, 2.05) is 10.9 Å². The Bertz CT molecular complexity index is 506. The third kappa shape index (κ3) is 3.92. The van der Waals surface area contributed by atoms with E-state index in [1.54, 1.807) is 0 Å². The smallest absolute Gasteiger partial charge is 0.108 e. The van der Waals surface area contributed by atoms with Gasteiger partial charge in [-0.1, -0.05) is 19.1 Å². The van der Waals surface area contributed by atoms with Crippen molar-refractivity contribution in [3.8, 4) is 0 Å².